The van der Waals surface area contributed by atoms with Crippen molar-refractivity contribution in [3.63, 3.8) is 0 Å². The van der Waals surface area contributed by atoms with Crippen molar-refractivity contribution in [3.8, 4) is 5.75 Å². The molecule has 21 heavy (non-hydrogen) atoms. The summed E-state index contributed by atoms with van der Waals surface area (Å²) in [5.74, 6) is 5.88. The number of hydrogen-bond donors (Lipinski definition) is 3. The average molecular weight is 309 g/mol. The van der Waals surface area contributed by atoms with E-state index >= 15 is 0 Å². The molecule has 0 bridgehead atoms. The number of nitrogen functional groups attached to an aromatic ring is 1. The molecule has 8 heteroatoms. The molecule has 0 unspecified atom stereocenters. The Morgan fingerprint density at radius 3 is 2.57 bits per heavy atom. The first-order chi connectivity index (χ1) is 10.1. The summed E-state index contributed by atoms with van der Waals surface area (Å²) in [5, 5.41) is 14.5. The monoisotopic (exact) mass is 308 g/mol. The van der Waals surface area contributed by atoms with E-state index in [1.807, 2.05) is 0 Å². The van der Waals surface area contributed by atoms with E-state index in [-0.39, 0.29) is 17.1 Å². The van der Waals surface area contributed by atoms with Crippen LogP contribution in [0.1, 0.15) is 0 Å². The van der Waals surface area contributed by atoms with E-state index < -0.39 is 4.92 Å². The standard InChI is InChI=1S/C13H13ClN4O3/c1-21-8-5-6-9(14)12(7-8)16-10-3-2-4-11(17-15)13(10)18(19)20/h2-7,16-17H,15H2,1H3. The Morgan fingerprint density at radius 1 is 1.24 bits per heavy atom. The van der Waals surface area contributed by atoms with Gasteiger partial charge < -0.3 is 15.5 Å². The van der Waals surface area contributed by atoms with Gasteiger partial charge in [-0.25, -0.2) is 0 Å². The van der Waals surface area contributed by atoms with Crippen molar-refractivity contribution in [2.45, 2.75) is 0 Å². The molecule has 0 saturated heterocycles. The second-order valence-electron chi connectivity index (χ2n) is 4.07. The molecule has 0 aromatic heterocycles. The molecular weight excluding hydrogens is 296 g/mol. The molecule has 110 valence electrons. The highest BCUT2D eigenvalue weighted by molar-refractivity contribution is 6.33. The average Bonchev–Trinajstić information content (AvgIpc) is 2.48. The maximum atomic E-state index is 11.2. The molecule has 2 aromatic carbocycles. The highest BCUT2D eigenvalue weighted by atomic mass is 35.5. The molecule has 2 aromatic rings. The lowest BCUT2D eigenvalue weighted by Crippen LogP contribution is -2.10. The third-order valence-corrected chi connectivity index (χ3v) is 3.15. The first-order valence-electron chi connectivity index (χ1n) is 5.91. The molecule has 0 saturated carbocycles. The predicted molar refractivity (Wildman–Crippen MR) is 82.2 cm³/mol. The number of para-hydroxylation sites is 1. The summed E-state index contributed by atoms with van der Waals surface area (Å²) < 4.78 is 5.11. The third-order valence-electron chi connectivity index (χ3n) is 2.82. The van der Waals surface area contributed by atoms with Gasteiger partial charge in [-0.3, -0.25) is 16.0 Å². The van der Waals surface area contributed by atoms with Crippen LogP contribution in [0.2, 0.25) is 5.02 Å². The summed E-state index contributed by atoms with van der Waals surface area (Å²) in [6.07, 6.45) is 0. The number of hydrogen-bond acceptors (Lipinski definition) is 6. The van der Waals surface area contributed by atoms with Gasteiger partial charge in [0.2, 0.25) is 0 Å². The number of rotatable bonds is 5. The van der Waals surface area contributed by atoms with Crippen LogP contribution in [-0.4, -0.2) is 12.0 Å². The Bertz CT molecular complexity index is 678. The van der Waals surface area contributed by atoms with Crippen molar-refractivity contribution in [2.75, 3.05) is 17.9 Å². The Balaban J connectivity index is 2.47. The van der Waals surface area contributed by atoms with Crippen LogP contribution in [0, 0.1) is 10.1 Å². The number of nitro groups is 1. The van der Waals surface area contributed by atoms with Crippen LogP contribution < -0.4 is 21.3 Å². The summed E-state index contributed by atoms with van der Waals surface area (Å²) >= 11 is 6.08. The number of nitrogens with zero attached hydrogens (tertiary/aromatic N) is 1. The van der Waals surface area contributed by atoms with Gasteiger partial charge in [0.15, 0.2) is 0 Å². The van der Waals surface area contributed by atoms with Crippen LogP contribution in [0.3, 0.4) is 0 Å². The lowest BCUT2D eigenvalue weighted by molar-refractivity contribution is -0.383. The van der Waals surface area contributed by atoms with Gasteiger partial charge in [-0.15, -0.1) is 0 Å². The summed E-state index contributed by atoms with van der Waals surface area (Å²) in [6.45, 7) is 0. The number of hydrazine groups is 1. The van der Waals surface area contributed by atoms with Crippen LogP contribution in [0.5, 0.6) is 5.75 Å². The number of benzene rings is 2. The fourth-order valence-corrected chi connectivity index (χ4v) is 1.99. The van der Waals surface area contributed by atoms with Gasteiger partial charge in [-0.2, -0.15) is 0 Å². The SMILES string of the molecule is COc1ccc(Cl)c(Nc2cccc(NN)c2[N+](=O)[O-])c1. The molecular formula is C13H13ClN4O3. The minimum Gasteiger partial charge on any atom is -0.497 e. The number of ether oxygens (including phenoxy) is 1. The smallest absolute Gasteiger partial charge is 0.316 e. The van der Waals surface area contributed by atoms with Crippen LogP contribution >= 0.6 is 11.6 Å². The van der Waals surface area contributed by atoms with Gasteiger partial charge in [-0.1, -0.05) is 17.7 Å². The maximum Gasteiger partial charge on any atom is 0.316 e. The number of anilines is 3. The van der Waals surface area contributed by atoms with E-state index in [1.54, 1.807) is 30.3 Å². The topological polar surface area (TPSA) is 102 Å². The Morgan fingerprint density at radius 2 is 1.95 bits per heavy atom. The van der Waals surface area contributed by atoms with Crippen LogP contribution in [0.4, 0.5) is 22.7 Å². The number of nitrogens with one attached hydrogen (secondary N) is 2. The largest absolute Gasteiger partial charge is 0.497 e. The Labute approximate surface area is 125 Å². The van der Waals surface area contributed by atoms with Crippen LogP contribution in [-0.2, 0) is 0 Å². The third kappa shape index (κ3) is 3.15. The molecule has 0 aliphatic rings. The lowest BCUT2D eigenvalue weighted by atomic mass is 10.2. The lowest BCUT2D eigenvalue weighted by Gasteiger charge is -2.12. The molecule has 7 nitrogen and oxygen atoms in total. The number of nitrogens with two attached hydrogens (primary N) is 1. The molecule has 0 heterocycles. The van der Waals surface area contributed by atoms with Crippen molar-refractivity contribution >= 4 is 34.4 Å². The Kier molecular flexibility index (Phi) is 4.46. The zero-order valence-electron chi connectivity index (χ0n) is 11.1. The van der Waals surface area contributed by atoms with E-state index in [1.165, 1.54) is 13.2 Å². The summed E-state index contributed by atoms with van der Waals surface area (Å²) in [4.78, 5) is 10.7. The van der Waals surface area contributed by atoms with Gasteiger partial charge in [0.25, 0.3) is 0 Å². The molecule has 2 rings (SSSR count). The normalized spacial score (nSPS) is 10.0. The van der Waals surface area contributed by atoms with Crippen LogP contribution in [0.25, 0.3) is 0 Å². The number of halogens is 1. The fourth-order valence-electron chi connectivity index (χ4n) is 1.83. The first kappa shape index (κ1) is 14.9. The van der Waals surface area contributed by atoms with E-state index in [2.05, 4.69) is 10.7 Å². The van der Waals surface area contributed by atoms with Gasteiger partial charge >= 0.3 is 5.69 Å². The fraction of sp³-hybridized carbons (Fsp3) is 0.0769. The molecule has 0 amide bonds. The van der Waals surface area contributed by atoms with Gasteiger partial charge in [0, 0.05) is 6.07 Å². The van der Waals surface area contributed by atoms with E-state index in [9.17, 15) is 10.1 Å². The first-order valence-corrected chi connectivity index (χ1v) is 6.29. The highest BCUT2D eigenvalue weighted by Gasteiger charge is 2.20. The Hall–Kier alpha value is -2.51. The molecule has 0 radical (unpaired) electrons. The molecule has 0 spiro atoms. The van der Waals surface area contributed by atoms with Crippen molar-refractivity contribution in [3.05, 3.63) is 51.5 Å². The zero-order valence-corrected chi connectivity index (χ0v) is 11.8. The van der Waals surface area contributed by atoms with E-state index in [4.69, 9.17) is 22.2 Å². The zero-order chi connectivity index (χ0) is 15.4. The van der Waals surface area contributed by atoms with Crippen LogP contribution in [0.15, 0.2) is 36.4 Å². The van der Waals surface area contributed by atoms with E-state index in [0.717, 1.165) is 0 Å². The number of nitro benzene ring substituents is 1. The summed E-state index contributed by atoms with van der Waals surface area (Å²) in [7, 11) is 1.52. The van der Waals surface area contributed by atoms with E-state index in [0.29, 0.717) is 16.5 Å². The minimum atomic E-state index is -0.522. The van der Waals surface area contributed by atoms with Crippen molar-refractivity contribution in [1.29, 1.82) is 0 Å². The molecule has 4 N–H and O–H groups in total. The predicted octanol–water partition coefficient (Wildman–Crippen LogP) is 3.29. The molecule has 0 fully saturated rings. The van der Waals surface area contributed by atoms with Crippen molar-refractivity contribution < 1.29 is 9.66 Å². The van der Waals surface area contributed by atoms with Gasteiger partial charge in [0.05, 0.1) is 22.7 Å². The molecule has 0 aliphatic heterocycles. The quantitative estimate of drug-likeness (QED) is 0.445. The maximum absolute atomic E-state index is 11.2. The second-order valence-corrected chi connectivity index (χ2v) is 4.48. The van der Waals surface area contributed by atoms with Gasteiger partial charge in [-0.05, 0) is 24.3 Å². The molecule has 0 atom stereocenters. The second kappa shape index (κ2) is 6.29. The number of methoxy groups -OCH3 is 1. The summed E-state index contributed by atoms with van der Waals surface area (Å²) in [5.41, 5.74) is 3.09. The minimum absolute atomic E-state index is 0.168. The summed E-state index contributed by atoms with van der Waals surface area (Å²) in [6, 6.07) is 9.69. The van der Waals surface area contributed by atoms with Crippen molar-refractivity contribution in [2.24, 2.45) is 5.84 Å². The molecule has 0 aliphatic carbocycles. The van der Waals surface area contributed by atoms with Crippen molar-refractivity contribution in [1.82, 2.24) is 0 Å². The van der Waals surface area contributed by atoms with Gasteiger partial charge in [0.1, 0.15) is 17.1 Å². The highest BCUT2D eigenvalue weighted by Crippen LogP contribution is 2.36.